The third-order valence-corrected chi connectivity index (χ3v) is 4.52. The van der Waals surface area contributed by atoms with Crippen molar-refractivity contribution in [1.82, 2.24) is 4.90 Å². The Kier molecular flexibility index (Phi) is 5.22. The lowest BCUT2D eigenvalue weighted by Crippen LogP contribution is -2.50. The van der Waals surface area contributed by atoms with Crippen molar-refractivity contribution in [3.8, 4) is 0 Å². The summed E-state index contributed by atoms with van der Waals surface area (Å²) in [6, 6.07) is 0.577. The van der Waals surface area contributed by atoms with Crippen LogP contribution in [-0.2, 0) is 9.53 Å². The molecule has 2 N–H and O–H groups in total. The number of carbonyl (C=O) groups excluding carboxylic acids is 1. The largest absolute Gasteiger partial charge is 0.375 e. The summed E-state index contributed by atoms with van der Waals surface area (Å²) in [5, 5.41) is 0. The lowest BCUT2D eigenvalue weighted by molar-refractivity contribution is -0.143. The topological polar surface area (TPSA) is 55.6 Å². The van der Waals surface area contributed by atoms with E-state index < -0.39 is 0 Å². The third-order valence-electron chi connectivity index (χ3n) is 4.52. The first-order valence-electron chi connectivity index (χ1n) is 7.73. The molecule has 0 aromatic heterocycles. The Morgan fingerprint density at radius 1 is 1.37 bits per heavy atom. The van der Waals surface area contributed by atoms with Crippen molar-refractivity contribution < 1.29 is 9.53 Å². The predicted octanol–water partition coefficient (Wildman–Crippen LogP) is 1.92. The molecule has 2 rings (SSSR count). The Labute approximate surface area is 116 Å². The Morgan fingerprint density at radius 2 is 2.16 bits per heavy atom. The van der Waals surface area contributed by atoms with Gasteiger partial charge in [0, 0.05) is 19.0 Å². The molecule has 1 saturated carbocycles. The van der Waals surface area contributed by atoms with Gasteiger partial charge in [0.05, 0.1) is 18.8 Å². The molecule has 110 valence electrons. The van der Waals surface area contributed by atoms with E-state index in [9.17, 15) is 4.79 Å². The van der Waals surface area contributed by atoms with Gasteiger partial charge in [-0.05, 0) is 39.0 Å². The van der Waals surface area contributed by atoms with Crippen LogP contribution in [0.4, 0.5) is 0 Å². The van der Waals surface area contributed by atoms with E-state index in [-0.39, 0.29) is 12.1 Å². The highest BCUT2D eigenvalue weighted by Gasteiger charge is 2.28. The summed E-state index contributed by atoms with van der Waals surface area (Å²) in [5.41, 5.74) is 6.00. The fourth-order valence-corrected chi connectivity index (χ4v) is 3.32. The van der Waals surface area contributed by atoms with Crippen molar-refractivity contribution >= 4 is 5.91 Å². The SMILES string of the molecule is CC1CN(C(=O)CCC2CCCC(N)C2)C(C)CO1. The number of nitrogens with zero attached hydrogens (tertiary/aromatic N) is 1. The van der Waals surface area contributed by atoms with Gasteiger partial charge in [-0.15, -0.1) is 0 Å². The molecule has 4 atom stereocenters. The highest BCUT2D eigenvalue weighted by Crippen LogP contribution is 2.27. The van der Waals surface area contributed by atoms with Crippen molar-refractivity contribution in [2.75, 3.05) is 13.2 Å². The van der Waals surface area contributed by atoms with E-state index in [1.54, 1.807) is 0 Å². The van der Waals surface area contributed by atoms with Crippen LogP contribution in [0, 0.1) is 5.92 Å². The molecule has 0 aromatic carbocycles. The minimum atomic E-state index is 0.170. The maximum Gasteiger partial charge on any atom is 0.222 e. The highest BCUT2D eigenvalue weighted by atomic mass is 16.5. The zero-order valence-electron chi connectivity index (χ0n) is 12.3. The van der Waals surface area contributed by atoms with E-state index in [0.29, 0.717) is 30.9 Å². The molecule has 0 bridgehead atoms. The second-order valence-electron chi connectivity index (χ2n) is 6.37. The maximum atomic E-state index is 12.3. The molecule has 1 aliphatic carbocycles. The standard InChI is InChI=1S/C15H28N2O2/c1-11-10-19-12(2)9-17(11)15(18)7-6-13-4-3-5-14(16)8-13/h11-14H,3-10,16H2,1-2H3. The lowest BCUT2D eigenvalue weighted by atomic mass is 9.83. The summed E-state index contributed by atoms with van der Waals surface area (Å²) in [5.74, 6) is 0.947. The van der Waals surface area contributed by atoms with Gasteiger partial charge in [0.1, 0.15) is 0 Å². The van der Waals surface area contributed by atoms with Gasteiger partial charge in [-0.25, -0.2) is 0 Å². The molecule has 1 saturated heterocycles. The molecule has 2 fully saturated rings. The molecule has 0 spiro atoms. The lowest BCUT2D eigenvalue weighted by Gasteiger charge is -2.37. The zero-order valence-corrected chi connectivity index (χ0v) is 12.3. The summed E-state index contributed by atoms with van der Waals surface area (Å²) >= 11 is 0. The van der Waals surface area contributed by atoms with Gasteiger partial charge >= 0.3 is 0 Å². The summed E-state index contributed by atoms with van der Waals surface area (Å²) in [4.78, 5) is 14.3. The second kappa shape index (κ2) is 6.71. The summed E-state index contributed by atoms with van der Waals surface area (Å²) < 4.78 is 5.57. The molecule has 4 nitrogen and oxygen atoms in total. The normalized spacial score (nSPS) is 36.3. The van der Waals surface area contributed by atoms with Crippen LogP contribution in [0.3, 0.4) is 0 Å². The van der Waals surface area contributed by atoms with Gasteiger partial charge in [0.2, 0.25) is 5.91 Å². The first-order chi connectivity index (χ1) is 9.06. The van der Waals surface area contributed by atoms with Crippen LogP contribution in [0.1, 0.15) is 52.4 Å². The Morgan fingerprint density at radius 3 is 2.89 bits per heavy atom. The van der Waals surface area contributed by atoms with Gasteiger partial charge in [-0.2, -0.15) is 0 Å². The van der Waals surface area contributed by atoms with Crippen LogP contribution < -0.4 is 5.73 Å². The van der Waals surface area contributed by atoms with E-state index in [1.165, 1.54) is 12.8 Å². The number of hydrogen-bond donors (Lipinski definition) is 1. The third kappa shape index (κ3) is 4.18. The van der Waals surface area contributed by atoms with E-state index >= 15 is 0 Å². The number of amides is 1. The molecule has 1 amide bonds. The maximum absolute atomic E-state index is 12.3. The van der Waals surface area contributed by atoms with Gasteiger partial charge in [-0.1, -0.05) is 12.8 Å². The van der Waals surface area contributed by atoms with E-state index in [0.717, 1.165) is 25.8 Å². The average molecular weight is 268 g/mol. The van der Waals surface area contributed by atoms with Gasteiger partial charge in [-0.3, -0.25) is 4.79 Å². The monoisotopic (exact) mass is 268 g/mol. The zero-order chi connectivity index (χ0) is 13.8. The number of carbonyl (C=O) groups is 1. The fourth-order valence-electron chi connectivity index (χ4n) is 3.32. The summed E-state index contributed by atoms with van der Waals surface area (Å²) in [6.45, 7) is 5.51. The first kappa shape index (κ1) is 14.8. The summed E-state index contributed by atoms with van der Waals surface area (Å²) in [7, 11) is 0. The number of hydrogen-bond acceptors (Lipinski definition) is 3. The van der Waals surface area contributed by atoms with Gasteiger partial charge in [0.25, 0.3) is 0 Å². The van der Waals surface area contributed by atoms with Crippen LogP contribution in [0.2, 0.25) is 0 Å². The van der Waals surface area contributed by atoms with Crippen molar-refractivity contribution in [3.63, 3.8) is 0 Å². The minimum absolute atomic E-state index is 0.170. The molecule has 1 aliphatic heterocycles. The molecule has 2 aliphatic rings. The van der Waals surface area contributed by atoms with Crippen molar-refractivity contribution in [2.45, 2.75) is 70.6 Å². The van der Waals surface area contributed by atoms with Crippen LogP contribution in [0.15, 0.2) is 0 Å². The smallest absolute Gasteiger partial charge is 0.222 e. The molecular weight excluding hydrogens is 240 g/mol. The average Bonchev–Trinajstić information content (AvgIpc) is 2.39. The second-order valence-corrected chi connectivity index (χ2v) is 6.37. The van der Waals surface area contributed by atoms with Crippen LogP contribution in [-0.4, -0.2) is 42.1 Å². The number of nitrogens with two attached hydrogens (primary N) is 1. The minimum Gasteiger partial charge on any atom is -0.375 e. The summed E-state index contributed by atoms with van der Waals surface area (Å²) in [6.07, 6.45) is 6.58. The number of morpholine rings is 1. The van der Waals surface area contributed by atoms with E-state index in [1.807, 2.05) is 11.8 Å². The fraction of sp³-hybridized carbons (Fsp3) is 0.933. The highest BCUT2D eigenvalue weighted by molar-refractivity contribution is 5.76. The van der Waals surface area contributed by atoms with Crippen molar-refractivity contribution in [3.05, 3.63) is 0 Å². The van der Waals surface area contributed by atoms with Crippen LogP contribution >= 0.6 is 0 Å². The first-order valence-corrected chi connectivity index (χ1v) is 7.73. The molecule has 19 heavy (non-hydrogen) atoms. The quantitative estimate of drug-likeness (QED) is 0.851. The van der Waals surface area contributed by atoms with Crippen LogP contribution in [0.5, 0.6) is 0 Å². The molecule has 4 heteroatoms. The number of rotatable bonds is 3. The predicted molar refractivity (Wildman–Crippen MR) is 75.8 cm³/mol. The molecular formula is C15H28N2O2. The molecule has 0 aromatic rings. The van der Waals surface area contributed by atoms with Crippen LogP contribution in [0.25, 0.3) is 0 Å². The van der Waals surface area contributed by atoms with Gasteiger partial charge in [0.15, 0.2) is 0 Å². The number of ether oxygens (including phenoxy) is 1. The van der Waals surface area contributed by atoms with E-state index in [4.69, 9.17) is 10.5 Å². The van der Waals surface area contributed by atoms with Crippen molar-refractivity contribution in [1.29, 1.82) is 0 Å². The molecule has 1 heterocycles. The Balaban J connectivity index is 1.77. The molecule has 4 unspecified atom stereocenters. The molecule has 0 radical (unpaired) electrons. The van der Waals surface area contributed by atoms with Gasteiger partial charge < -0.3 is 15.4 Å². The Hall–Kier alpha value is -0.610. The van der Waals surface area contributed by atoms with E-state index in [2.05, 4.69) is 6.92 Å². The Bertz CT molecular complexity index is 309. The van der Waals surface area contributed by atoms with Crippen molar-refractivity contribution in [2.24, 2.45) is 11.7 Å².